The monoisotopic (exact) mass is 368 g/mol. The number of halogens is 1. The van der Waals surface area contributed by atoms with Crippen LogP contribution in [0.2, 0.25) is 5.02 Å². The second-order valence-electron chi connectivity index (χ2n) is 6.22. The standard InChI is InChI=1S/C17H21ClN2O5/c1-17(2)15(22)20(16(23)25-17)11-14(21)19(3)9-6-10-24-13-8-5-4-7-12(13)18/h4-5,7-8H,6,9-11H2,1-3H3. The van der Waals surface area contributed by atoms with E-state index in [-0.39, 0.29) is 12.5 Å². The molecule has 1 heterocycles. The van der Waals surface area contributed by atoms with Crippen molar-refractivity contribution in [3.8, 4) is 5.75 Å². The Hall–Kier alpha value is -2.28. The van der Waals surface area contributed by atoms with E-state index in [4.69, 9.17) is 21.1 Å². The van der Waals surface area contributed by atoms with Crippen LogP contribution in [-0.2, 0) is 14.3 Å². The molecular formula is C17H21ClN2O5. The van der Waals surface area contributed by atoms with E-state index in [9.17, 15) is 14.4 Å². The Balaban J connectivity index is 1.76. The maximum atomic E-state index is 12.2. The van der Waals surface area contributed by atoms with Gasteiger partial charge in [-0.3, -0.25) is 9.59 Å². The first-order valence-corrected chi connectivity index (χ1v) is 8.26. The van der Waals surface area contributed by atoms with Crippen LogP contribution in [0.5, 0.6) is 5.75 Å². The highest BCUT2D eigenvalue weighted by atomic mass is 35.5. The van der Waals surface area contributed by atoms with Crippen LogP contribution in [0.1, 0.15) is 20.3 Å². The van der Waals surface area contributed by atoms with Crippen molar-refractivity contribution in [1.82, 2.24) is 9.80 Å². The second-order valence-corrected chi connectivity index (χ2v) is 6.62. The lowest BCUT2D eigenvalue weighted by atomic mass is 10.1. The van der Waals surface area contributed by atoms with Crippen LogP contribution in [0.25, 0.3) is 0 Å². The molecule has 1 fully saturated rings. The molecule has 136 valence electrons. The minimum absolute atomic E-state index is 0.330. The quantitative estimate of drug-likeness (QED) is 0.690. The number of ether oxygens (including phenoxy) is 2. The number of carbonyl (C=O) groups excluding carboxylic acids is 3. The van der Waals surface area contributed by atoms with Gasteiger partial charge in [-0.2, -0.15) is 0 Å². The number of benzene rings is 1. The summed E-state index contributed by atoms with van der Waals surface area (Å²) in [7, 11) is 1.61. The van der Waals surface area contributed by atoms with Crippen molar-refractivity contribution in [3.05, 3.63) is 29.3 Å². The molecule has 0 saturated carbocycles. The Labute approximate surface area is 151 Å². The van der Waals surface area contributed by atoms with Gasteiger partial charge in [0.2, 0.25) is 5.91 Å². The molecule has 0 N–H and O–H groups in total. The summed E-state index contributed by atoms with van der Waals surface area (Å²) in [5, 5.41) is 0.528. The topological polar surface area (TPSA) is 76.2 Å². The molecule has 1 aliphatic heterocycles. The van der Waals surface area contributed by atoms with Crippen molar-refractivity contribution in [2.45, 2.75) is 25.9 Å². The van der Waals surface area contributed by atoms with Gasteiger partial charge in [0.1, 0.15) is 12.3 Å². The van der Waals surface area contributed by atoms with Gasteiger partial charge in [0.05, 0.1) is 11.6 Å². The third-order valence-electron chi connectivity index (χ3n) is 3.77. The minimum atomic E-state index is -1.22. The maximum Gasteiger partial charge on any atom is 0.418 e. The first-order valence-electron chi connectivity index (χ1n) is 7.88. The van der Waals surface area contributed by atoms with Gasteiger partial charge in [0.15, 0.2) is 5.60 Å². The second kappa shape index (κ2) is 7.74. The highest BCUT2D eigenvalue weighted by Gasteiger charge is 2.47. The van der Waals surface area contributed by atoms with E-state index in [1.807, 2.05) is 12.1 Å². The Kier molecular flexibility index (Phi) is 5.89. The molecule has 3 amide bonds. The summed E-state index contributed by atoms with van der Waals surface area (Å²) < 4.78 is 10.5. The Morgan fingerprint density at radius 1 is 1.32 bits per heavy atom. The summed E-state index contributed by atoms with van der Waals surface area (Å²) in [6.07, 6.45) is -0.212. The fourth-order valence-electron chi connectivity index (χ4n) is 2.29. The molecule has 8 heteroatoms. The number of likely N-dealkylation sites (N-methyl/N-ethyl adjacent to an activating group) is 1. The zero-order chi connectivity index (χ0) is 18.6. The van der Waals surface area contributed by atoms with Crippen molar-refractivity contribution in [1.29, 1.82) is 0 Å². The van der Waals surface area contributed by atoms with Crippen LogP contribution >= 0.6 is 11.6 Å². The van der Waals surface area contributed by atoms with Crippen molar-refractivity contribution < 1.29 is 23.9 Å². The van der Waals surface area contributed by atoms with Crippen LogP contribution in [0, 0.1) is 0 Å². The molecule has 25 heavy (non-hydrogen) atoms. The average molecular weight is 369 g/mol. The lowest BCUT2D eigenvalue weighted by Crippen LogP contribution is -2.43. The number of hydrogen-bond acceptors (Lipinski definition) is 5. The molecule has 0 aliphatic carbocycles. The number of cyclic esters (lactones) is 1. The molecule has 1 aromatic rings. The molecule has 0 spiro atoms. The summed E-state index contributed by atoms with van der Waals surface area (Å²) in [6, 6.07) is 7.14. The molecular weight excluding hydrogens is 348 g/mol. The van der Waals surface area contributed by atoms with E-state index in [0.29, 0.717) is 30.3 Å². The van der Waals surface area contributed by atoms with Gasteiger partial charge in [-0.25, -0.2) is 9.69 Å². The fourth-order valence-corrected chi connectivity index (χ4v) is 2.48. The molecule has 1 saturated heterocycles. The highest BCUT2D eigenvalue weighted by Crippen LogP contribution is 2.24. The SMILES string of the molecule is CN(CCCOc1ccccc1Cl)C(=O)CN1C(=O)OC(C)(C)C1=O. The number of imide groups is 1. The summed E-state index contributed by atoms with van der Waals surface area (Å²) >= 11 is 5.99. The number of amides is 3. The molecule has 0 unspecified atom stereocenters. The first kappa shape index (κ1) is 19.1. The third-order valence-corrected chi connectivity index (χ3v) is 4.09. The van der Waals surface area contributed by atoms with Crippen molar-refractivity contribution in [2.24, 2.45) is 0 Å². The molecule has 2 rings (SSSR count). The van der Waals surface area contributed by atoms with Crippen molar-refractivity contribution in [2.75, 3.05) is 26.7 Å². The predicted molar refractivity (Wildman–Crippen MR) is 91.5 cm³/mol. The summed E-state index contributed by atoms with van der Waals surface area (Å²) in [6.45, 7) is 3.47. The van der Waals surface area contributed by atoms with Crippen LogP contribution in [0.4, 0.5) is 4.79 Å². The van der Waals surface area contributed by atoms with Gasteiger partial charge in [-0.1, -0.05) is 23.7 Å². The van der Waals surface area contributed by atoms with E-state index in [1.165, 1.54) is 18.7 Å². The van der Waals surface area contributed by atoms with Gasteiger partial charge in [-0.05, 0) is 32.4 Å². The van der Waals surface area contributed by atoms with Crippen LogP contribution in [0.3, 0.4) is 0 Å². The Morgan fingerprint density at radius 3 is 2.60 bits per heavy atom. The summed E-state index contributed by atoms with van der Waals surface area (Å²) in [5.41, 5.74) is -1.22. The molecule has 0 atom stereocenters. The van der Waals surface area contributed by atoms with Crippen LogP contribution in [-0.4, -0.2) is 60.1 Å². The average Bonchev–Trinajstić information content (AvgIpc) is 2.74. The number of nitrogens with zero attached hydrogens (tertiary/aromatic N) is 2. The van der Waals surface area contributed by atoms with Gasteiger partial charge in [0, 0.05) is 13.6 Å². The largest absolute Gasteiger partial charge is 0.492 e. The highest BCUT2D eigenvalue weighted by molar-refractivity contribution is 6.32. The zero-order valence-electron chi connectivity index (χ0n) is 14.5. The molecule has 0 radical (unpaired) electrons. The van der Waals surface area contributed by atoms with E-state index in [0.717, 1.165) is 4.90 Å². The number of hydrogen-bond donors (Lipinski definition) is 0. The maximum absolute atomic E-state index is 12.2. The smallest absolute Gasteiger partial charge is 0.418 e. The molecule has 7 nitrogen and oxygen atoms in total. The fraction of sp³-hybridized carbons (Fsp3) is 0.471. The lowest BCUT2D eigenvalue weighted by Gasteiger charge is -2.20. The van der Waals surface area contributed by atoms with Crippen LogP contribution in [0.15, 0.2) is 24.3 Å². The van der Waals surface area contributed by atoms with Crippen LogP contribution < -0.4 is 4.74 Å². The third kappa shape index (κ3) is 4.63. The van der Waals surface area contributed by atoms with E-state index in [2.05, 4.69) is 0 Å². The van der Waals surface area contributed by atoms with Gasteiger partial charge in [-0.15, -0.1) is 0 Å². The van der Waals surface area contributed by atoms with Crippen molar-refractivity contribution >= 4 is 29.5 Å². The minimum Gasteiger partial charge on any atom is -0.492 e. The van der Waals surface area contributed by atoms with Gasteiger partial charge in [0.25, 0.3) is 5.91 Å². The summed E-state index contributed by atoms with van der Waals surface area (Å²) in [5.74, 6) is -0.271. The van der Waals surface area contributed by atoms with Gasteiger partial charge < -0.3 is 14.4 Å². The lowest BCUT2D eigenvalue weighted by molar-refractivity contribution is -0.139. The number of para-hydroxylation sites is 1. The van der Waals surface area contributed by atoms with Gasteiger partial charge >= 0.3 is 6.09 Å². The van der Waals surface area contributed by atoms with E-state index >= 15 is 0 Å². The molecule has 1 aromatic carbocycles. The number of rotatable bonds is 7. The predicted octanol–water partition coefficient (Wildman–Crippen LogP) is 2.32. The molecule has 1 aliphatic rings. The normalized spacial score (nSPS) is 15.9. The molecule has 0 aromatic heterocycles. The number of carbonyl (C=O) groups is 3. The van der Waals surface area contributed by atoms with E-state index < -0.39 is 17.6 Å². The van der Waals surface area contributed by atoms with E-state index in [1.54, 1.807) is 19.2 Å². The zero-order valence-corrected chi connectivity index (χ0v) is 15.2. The van der Waals surface area contributed by atoms with Crippen molar-refractivity contribution in [3.63, 3.8) is 0 Å². The summed E-state index contributed by atoms with van der Waals surface area (Å²) in [4.78, 5) is 38.2. The first-order chi connectivity index (χ1) is 11.7. The molecule has 0 bridgehead atoms. The Bertz CT molecular complexity index is 677. The Morgan fingerprint density at radius 2 is 2.00 bits per heavy atom.